The summed E-state index contributed by atoms with van der Waals surface area (Å²) >= 11 is 0. The second-order valence-electron chi connectivity index (χ2n) is 5.75. The van der Waals surface area contributed by atoms with Crippen molar-refractivity contribution in [1.82, 2.24) is 0 Å². The molecule has 2 aromatic rings. The van der Waals surface area contributed by atoms with Gasteiger partial charge >= 0.3 is 6.09 Å². The van der Waals surface area contributed by atoms with Gasteiger partial charge in [0.05, 0.1) is 0 Å². The van der Waals surface area contributed by atoms with Gasteiger partial charge in [-0.15, -0.1) is 0 Å². The number of nitrogens with one attached hydrogen (secondary N) is 1. The summed E-state index contributed by atoms with van der Waals surface area (Å²) in [5.41, 5.74) is 2.01. The summed E-state index contributed by atoms with van der Waals surface area (Å²) in [5, 5.41) is 12.2. The average Bonchev–Trinajstić information content (AvgIpc) is 2.37. The number of carbonyl (C=O) groups excluding carboxylic acids is 1. The van der Waals surface area contributed by atoms with E-state index in [1.54, 1.807) is 30.3 Å². The van der Waals surface area contributed by atoms with Crippen LogP contribution < -0.4 is 5.32 Å². The van der Waals surface area contributed by atoms with E-state index in [2.05, 4.69) is 5.32 Å². The van der Waals surface area contributed by atoms with E-state index in [1.165, 1.54) is 0 Å². The molecule has 1 amide bonds. The summed E-state index contributed by atoms with van der Waals surface area (Å²) in [6, 6.07) is 14.4. The van der Waals surface area contributed by atoms with Gasteiger partial charge in [0.1, 0.15) is 11.4 Å². The first-order chi connectivity index (χ1) is 9.83. The van der Waals surface area contributed by atoms with Gasteiger partial charge in [0.2, 0.25) is 0 Å². The van der Waals surface area contributed by atoms with E-state index in [0.717, 1.165) is 11.1 Å². The van der Waals surface area contributed by atoms with E-state index in [-0.39, 0.29) is 5.75 Å². The molecule has 0 fully saturated rings. The van der Waals surface area contributed by atoms with Gasteiger partial charge in [-0.2, -0.15) is 0 Å². The summed E-state index contributed by atoms with van der Waals surface area (Å²) in [6.07, 6.45) is -0.479. The van der Waals surface area contributed by atoms with Crippen LogP contribution in [-0.2, 0) is 4.74 Å². The Labute approximate surface area is 124 Å². The van der Waals surface area contributed by atoms with Crippen LogP contribution in [0.4, 0.5) is 10.5 Å². The monoisotopic (exact) mass is 285 g/mol. The van der Waals surface area contributed by atoms with Crippen LogP contribution in [0.3, 0.4) is 0 Å². The third-order valence-electron chi connectivity index (χ3n) is 2.71. The van der Waals surface area contributed by atoms with Crippen molar-refractivity contribution in [3.05, 3.63) is 48.5 Å². The Bertz CT molecular complexity index is 627. The number of benzene rings is 2. The van der Waals surface area contributed by atoms with Crippen molar-refractivity contribution in [2.45, 2.75) is 26.4 Å². The predicted octanol–water partition coefficient (Wildman–Crippen LogP) is 4.41. The van der Waals surface area contributed by atoms with Gasteiger partial charge in [0, 0.05) is 5.69 Å². The maximum atomic E-state index is 11.7. The molecule has 0 saturated heterocycles. The number of rotatable bonds is 2. The minimum Gasteiger partial charge on any atom is -0.508 e. The highest BCUT2D eigenvalue weighted by atomic mass is 16.6. The van der Waals surface area contributed by atoms with E-state index in [1.807, 2.05) is 39.0 Å². The van der Waals surface area contributed by atoms with E-state index in [4.69, 9.17) is 4.74 Å². The Hall–Kier alpha value is -2.49. The lowest BCUT2D eigenvalue weighted by Gasteiger charge is -2.19. The number of amides is 1. The Morgan fingerprint density at radius 3 is 2.29 bits per heavy atom. The first-order valence-electron chi connectivity index (χ1n) is 6.73. The number of anilines is 1. The van der Waals surface area contributed by atoms with Gasteiger partial charge in [-0.3, -0.25) is 5.32 Å². The molecule has 0 aliphatic carbocycles. The van der Waals surface area contributed by atoms with Crippen molar-refractivity contribution in [2.75, 3.05) is 5.32 Å². The molecule has 21 heavy (non-hydrogen) atoms. The maximum absolute atomic E-state index is 11.7. The normalized spacial score (nSPS) is 11.0. The van der Waals surface area contributed by atoms with Gasteiger partial charge in [-0.05, 0) is 56.2 Å². The molecule has 0 saturated carbocycles. The number of ether oxygens (including phenoxy) is 1. The highest BCUT2D eigenvalue weighted by Gasteiger charge is 2.16. The van der Waals surface area contributed by atoms with Crippen LogP contribution in [0.15, 0.2) is 48.5 Å². The lowest BCUT2D eigenvalue weighted by molar-refractivity contribution is 0.0636. The zero-order chi connectivity index (χ0) is 15.5. The number of hydrogen-bond acceptors (Lipinski definition) is 3. The third kappa shape index (κ3) is 4.53. The number of phenols is 1. The molecule has 2 rings (SSSR count). The van der Waals surface area contributed by atoms with E-state index < -0.39 is 11.7 Å². The van der Waals surface area contributed by atoms with Crippen molar-refractivity contribution in [3.63, 3.8) is 0 Å². The topological polar surface area (TPSA) is 58.6 Å². The summed E-state index contributed by atoms with van der Waals surface area (Å²) < 4.78 is 5.19. The maximum Gasteiger partial charge on any atom is 0.412 e. The van der Waals surface area contributed by atoms with Crippen molar-refractivity contribution in [2.24, 2.45) is 0 Å². The van der Waals surface area contributed by atoms with Crippen molar-refractivity contribution >= 4 is 11.8 Å². The molecular formula is C17H19NO3. The standard InChI is InChI=1S/C17H19NO3/c1-17(2,3)21-16(20)18-14-9-7-12(8-10-14)13-5-4-6-15(19)11-13/h4-11,19H,1-3H3,(H,18,20). The molecule has 0 aliphatic heterocycles. The molecule has 2 N–H and O–H groups in total. The van der Waals surface area contributed by atoms with Gasteiger partial charge in [-0.25, -0.2) is 4.79 Å². The Balaban J connectivity index is 2.07. The van der Waals surface area contributed by atoms with Gasteiger partial charge in [0.25, 0.3) is 0 Å². The zero-order valence-corrected chi connectivity index (χ0v) is 12.4. The minimum atomic E-state index is -0.522. The molecule has 0 unspecified atom stereocenters. The molecule has 0 heterocycles. The Morgan fingerprint density at radius 2 is 1.71 bits per heavy atom. The van der Waals surface area contributed by atoms with E-state index in [0.29, 0.717) is 5.69 Å². The number of aromatic hydroxyl groups is 1. The highest BCUT2D eigenvalue weighted by Crippen LogP contribution is 2.24. The fraction of sp³-hybridized carbons (Fsp3) is 0.235. The van der Waals surface area contributed by atoms with Crippen LogP contribution in [0.5, 0.6) is 5.75 Å². The molecule has 4 nitrogen and oxygen atoms in total. The molecule has 0 aliphatic rings. The highest BCUT2D eigenvalue weighted by molar-refractivity contribution is 5.85. The molecule has 110 valence electrons. The summed E-state index contributed by atoms with van der Waals surface area (Å²) in [6.45, 7) is 5.45. The fourth-order valence-corrected chi connectivity index (χ4v) is 1.85. The molecule has 0 spiro atoms. The van der Waals surface area contributed by atoms with E-state index in [9.17, 15) is 9.90 Å². The van der Waals surface area contributed by atoms with Gasteiger partial charge in [0.15, 0.2) is 0 Å². The Kier molecular flexibility index (Phi) is 4.17. The van der Waals surface area contributed by atoms with Gasteiger partial charge in [-0.1, -0.05) is 24.3 Å². The third-order valence-corrected chi connectivity index (χ3v) is 2.71. The summed E-state index contributed by atoms with van der Waals surface area (Å²) in [4.78, 5) is 11.7. The predicted molar refractivity (Wildman–Crippen MR) is 83.4 cm³/mol. The lowest BCUT2D eigenvalue weighted by atomic mass is 10.1. The van der Waals surface area contributed by atoms with Crippen LogP contribution >= 0.6 is 0 Å². The fourth-order valence-electron chi connectivity index (χ4n) is 1.85. The summed E-state index contributed by atoms with van der Waals surface area (Å²) in [7, 11) is 0. The van der Waals surface area contributed by atoms with E-state index >= 15 is 0 Å². The van der Waals surface area contributed by atoms with Crippen molar-refractivity contribution in [3.8, 4) is 16.9 Å². The molecule has 4 heteroatoms. The lowest BCUT2D eigenvalue weighted by Crippen LogP contribution is -2.27. The SMILES string of the molecule is CC(C)(C)OC(=O)Nc1ccc(-c2cccc(O)c2)cc1. The van der Waals surface area contributed by atoms with Crippen molar-refractivity contribution < 1.29 is 14.6 Å². The van der Waals surface area contributed by atoms with Crippen LogP contribution in [0, 0.1) is 0 Å². The second kappa shape index (κ2) is 5.87. The van der Waals surface area contributed by atoms with Crippen LogP contribution in [0.2, 0.25) is 0 Å². The largest absolute Gasteiger partial charge is 0.508 e. The molecule has 0 aromatic heterocycles. The number of carbonyl (C=O) groups is 1. The smallest absolute Gasteiger partial charge is 0.412 e. The quantitative estimate of drug-likeness (QED) is 0.859. The first kappa shape index (κ1) is 14.9. The molecule has 2 aromatic carbocycles. The molecular weight excluding hydrogens is 266 g/mol. The summed E-state index contributed by atoms with van der Waals surface area (Å²) in [5.74, 6) is 0.225. The van der Waals surface area contributed by atoms with Crippen LogP contribution in [0.25, 0.3) is 11.1 Å². The zero-order valence-electron chi connectivity index (χ0n) is 12.4. The number of hydrogen-bond donors (Lipinski definition) is 2. The Morgan fingerprint density at radius 1 is 1.05 bits per heavy atom. The minimum absolute atomic E-state index is 0.225. The first-order valence-corrected chi connectivity index (χ1v) is 6.73. The second-order valence-corrected chi connectivity index (χ2v) is 5.75. The molecule has 0 radical (unpaired) electrons. The van der Waals surface area contributed by atoms with Crippen molar-refractivity contribution in [1.29, 1.82) is 0 Å². The number of phenolic OH excluding ortho intramolecular Hbond substituents is 1. The average molecular weight is 285 g/mol. The van der Waals surface area contributed by atoms with Gasteiger partial charge < -0.3 is 9.84 Å². The van der Waals surface area contributed by atoms with Crippen LogP contribution in [0.1, 0.15) is 20.8 Å². The molecule has 0 atom stereocenters. The van der Waals surface area contributed by atoms with Crippen LogP contribution in [-0.4, -0.2) is 16.8 Å². The molecule has 0 bridgehead atoms.